The van der Waals surface area contributed by atoms with Gasteiger partial charge in [0, 0.05) is 11.4 Å². The van der Waals surface area contributed by atoms with Crippen LogP contribution in [0.25, 0.3) is 11.1 Å². The second-order valence-corrected chi connectivity index (χ2v) is 12.8. The van der Waals surface area contributed by atoms with Gasteiger partial charge in [0.1, 0.15) is 5.75 Å². The molecule has 40 heavy (non-hydrogen) atoms. The molecule has 3 aliphatic rings. The van der Waals surface area contributed by atoms with Crippen LogP contribution in [0.3, 0.4) is 0 Å². The van der Waals surface area contributed by atoms with Gasteiger partial charge in [-0.25, -0.2) is 0 Å². The third-order valence-electron chi connectivity index (χ3n) is 9.52. The molecule has 0 radical (unpaired) electrons. The summed E-state index contributed by atoms with van der Waals surface area (Å²) in [6.07, 6.45) is 5.41. The van der Waals surface area contributed by atoms with Gasteiger partial charge in [-0.15, -0.1) is 0 Å². The maximum Gasteiger partial charge on any atom is 1.00 e. The Labute approximate surface area is 260 Å². The molecule has 204 valence electrons. The Balaban J connectivity index is 0.00000323. The average molecular weight is 547 g/mol. The van der Waals surface area contributed by atoms with Gasteiger partial charge in [-0.2, -0.15) is 0 Å². The van der Waals surface area contributed by atoms with E-state index in [4.69, 9.17) is 9.47 Å². The molecule has 1 spiro atoms. The Hall–Kier alpha value is -2.11. The Morgan fingerprint density at radius 2 is 1.75 bits per heavy atom. The van der Waals surface area contributed by atoms with Crippen LogP contribution in [-0.4, -0.2) is 25.8 Å². The van der Waals surface area contributed by atoms with Gasteiger partial charge >= 0.3 is 29.6 Å². The molecular weight excluding hydrogens is 507 g/mol. The topological polar surface area (TPSA) is 58.6 Å². The fourth-order valence-corrected chi connectivity index (χ4v) is 7.05. The predicted molar refractivity (Wildman–Crippen MR) is 152 cm³/mol. The standard InChI is InChI=1S/C35H40O4.Na/c1-22-14-28(39-21-34(4)19-38-20-34)15-23(2)33(22)29-7-5-6-26(24(29)3)10-8-25-9-11-30-27(16-25)18-35(12-13-35)31(30)17-32(36)37;/h5-7,9,11,14-16,31H,8,10,12-13,17-21H2,1-4H3,(H,36,37);/q;+1/p-1. The van der Waals surface area contributed by atoms with Crippen LogP contribution >= 0.6 is 0 Å². The number of hydrogen-bond acceptors (Lipinski definition) is 4. The molecule has 1 aliphatic heterocycles. The number of aliphatic carboxylic acids is 1. The summed E-state index contributed by atoms with van der Waals surface area (Å²) in [5, 5.41) is 11.4. The van der Waals surface area contributed by atoms with Crippen LogP contribution < -0.4 is 39.4 Å². The largest absolute Gasteiger partial charge is 1.00 e. The molecule has 0 bridgehead atoms. The molecule has 5 heteroatoms. The van der Waals surface area contributed by atoms with Crippen molar-refractivity contribution in [1.82, 2.24) is 0 Å². The van der Waals surface area contributed by atoms with Gasteiger partial charge in [-0.3, -0.25) is 0 Å². The first-order valence-corrected chi connectivity index (χ1v) is 14.4. The summed E-state index contributed by atoms with van der Waals surface area (Å²) in [5.74, 6) is 0.135. The first kappa shape index (κ1) is 29.4. The van der Waals surface area contributed by atoms with Crippen molar-refractivity contribution in [2.45, 2.75) is 72.1 Å². The van der Waals surface area contributed by atoms with Crippen molar-refractivity contribution < 1.29 is 48.9 Å². The molecule has 4 nitrogen and oxygen atoms in total. The zero-order valence-electron chi connectivity index (χ0n) is 24.7. The molecule has 1 unspecified atom stereocenters. The van der Waals surface area contributed by atoms with Gasteiger partial charge in [0.15, 0.2) is 0 Å². The number of carbonyl (C=O) groups excluding carboxylic acids is 1. The van der Waals surface area contributed by atoms with E-state index in [-0.39, 0.29) is 52.7 Å². The van der Waals surface area contributed by atoms with E-state index in [2.05, 4.69) is 76.2 Å². The number of aryl methyl sites for hydroxylation is 4. The minimum Gasteiger partial charge on any atom is -0.550 e. The monoisotopic (exact) mass is 546 g/mol. The summed E-state index contributed by atoms with van der Waals surface area (Å²) < 4.78 is 11.5. The molecule has 1 heterocycles. The van der Waals surface area contributed by atoms with Crippen LogP contribution in [0.4, 0.5) is 0 Å². The summed E-state index contributed by atoms with van der Waals surface area (Å²) in [6.45, 7) is 11.0. The Morgan fingerprint density at radius 3 is 2.38 bits per heavy atom. The molecular formula is C35H39NaO4. The summed E-state index contributed by atoms with van der Waals surface area (Å²) >= 11 is 0. The molecule has 0 aromatic heterocycles. The third-order valence-corrected chi connectivity index (χ3v) is 9.52. The molecule has 2 fully saturated rings. The van der Waals surface area contributed by atoms with Crippen molar-refractivity contribution in [2.24, 2.45) is 10.8 Å². The first-order chi connectivity index (χ1) is 18.7. The smallest absolute Gasteiger partial charge is 0.550 e. The quantitative estimate of drug-likeness (QED) is 0.387. The van der Waals surface area contributed by atoms with Crippen molar-refractivity contribution in [3.63, 3.8) is 0 Å². The van der Waals surface area contributed by atoms with Gasteiger partial charge in [0.2, 0.25) is 0 Å². The Bertz CT molecular complexity index is 1410. The summed E-state index contributed by atoms with van der Waals surface area (Å²) in [4.78, 5) is 11.4. The molecule has 1 saturated heterocycles. The predicted octanol–water partition coefficient (Wildman–Crippen LogP) is 3.04. The van der Waals surface area contributed by atoms with Gasteiger partial charge < -0.3 is 19.4 Å². The molecule has 3 aromatic carbocycles. The van der Waals surface area contributed by atoms with Crippen LogP contribution in [0.2, 0.25) is 0 Å². The SMILES string of the molecule is Cc1cc(OCC2(C)COC2)cc(C)c1-c1cccc(CCc2ccc3c(c2)CC2(CC2)C3CC(=O)[O-])c1C.[Na+]. The number of ether oxygens (including phenoxy) is 2. The molecule has 1 atom stereocenters. The van der Waals surface area contributed by atoms with E-state index in [1.807, 2.05) is 0 Å². The van der Waals surface area contributed by atoms with Gasteiger partial charge in [0.25, 0.3) is 0 Å². The van der Waals surface area contributed by atoms with Crippen molar-refractivity contribution in [3.05, 3.63) is 87.5 Å². The van der Waals surface area contributed by atoms with Crippen molar-refractivity contribution in [1.29, 1.82) is 0 Å². The molecule has 0 N–H and O–H groups in total. The zero-order valence-corrected chi connectivity index (χ0v) is 26.7. The van der Waals surface area contributed by atoms with E-state index in [0.29, 0.717) is 6.61 Å². The summed E-state index contributed by atoms with van der Waals surface area (Å²) in [5.41, 5.74) is 12.0. The van der Waals surface area contributed by atoms with Crippen molar-refractivity contribution in [2.75, 3.05) is 19.8 Å². The fraction of sp³-hybridized carbons (Fsp3) is 0.457. The Morgan fingerprint density at radius 1 is 1.02 bits per heavy atom. The van der Waals surface area contributed by atoms with E-state index in [9.17, 15) is 9.90 Å². The molecule has 1 saturated carbocycles. The van der Waals surface area contributed by atoms with Crippen molar-refractivity contribution in [3.8, 4) is 16.9 Å². The van der Waals surface area contributed by atoms with Crippen LogP contribution in [0.15, 0.2) is 48.5 Å². The number of carboxylic acids is 1. The van der Waals surface area contributed by atoms with Gasteiger partial charge in [-0.05, 0) is 133 Å². The number of fused-ring (bicyclic) bond motifs is 1. The average Bonchev–Trinajstić information content (AvgIpc) is 3.58. The van der Waals surface area contributed by atoms with Crippen LogP contribution in [0, 0.1) is 31.6 Å². The molecule has 3 aromatic rings. The number of hydrogen-bond donors (Lipinski definition) is 0. The van der Waals surface area contributed by atoms with Crippen LogP contribution in [0.5, 0.6) is 5.75 Å². The summed E-state index contributed by atoms with van der Waals surface area (Å²) in [7, 11) is 0. The van der Waals surface area contributed by atoms with E-state index in [0.717, 1.165) is 51.1 Å². The second-order valence-electron chi connectivity index (χ2n) is 12.8. The second kappa shape index (κ2) is 11.3. The van der Waals surface area contributed by atoms with Gasteiger partial charge in [0.05, 0.1) is 19.8 Å². The maximum absolute atomic E-state index is 11.4. The minimum absolute atomic E-state index is 0. The number of carbonyl (C=O) groups is 1. The van der Waals surface area contributed by atoms with E-state index in [1.54, 1.807) is 0 Å². The normalized spacial score (nSPS) is 19.4. The van der Waals surface area contributed by atoms with Crippen LogP contribution in [-0.2, 0) is 28.8 Å². The maximum atomic E-state index is 11.4. The fourth-order valence-electron chi connectivity index (χ4n) is 7.05. The summed E-state index contributed by atoms with van der Waals surface area (Å²) in [6, 6.07) is 17.8. The van der Waals surface area contributed by atoms with Crippen molar-refractivity contribution >= 4 is 5.97 Å². The zero-order chi connectivity index (χ0) is 27.4. The van der Waals surface area contributed by atoms with E-state index >= 15 is 0 Å². The molecule has 0 amide bonds. The first-order valence-electron chi connectivity index (χ1n) is 14.4. The van der Waals surface area contributed by atoms with Crippen LogP contribution in [0.1, 0.15) is 71.0 Å². The van der Waals surface area contributed by atoms with E-state index < -0.39 is 5.97 Å². The molecule has 6 rings (SSSR count). The third kappa shape index (κ3) is 5.66. The van der Waals surface area contributed by atoms with E-state index in [1.165, 1.54) is 50.1 Å². The van der Waals surface area contributed by atoms with Gasteiger partial charge in [-0.1, -0.05) is 43.3 Å². The Kier molecular flexibility index (Phi) is 8.29. The molecule has 2 aliphatic carbocycles. The minimum atomic E-state index is -0.927. The number of benzene rings is 3. The number of carboxylic acid groups (broad SMARTS) is 1. The number of rotatable bonds is 9.